The summed E-state index contributed by atoms with van der Waals surface area (Å²) in [5, 5.41) is 0. The van der Waals surface area contributed by atoms with E-state index in [1.54, 1.807) is 6.20 Å². The Hall–Kier alpha value is -1.25. The van der Waals surface area contributed by atoms with Crippen molar-refractivity contribution in [2.24, 2.45) is 0 Å². The van der Waals surface area contributed by atoms with Gasteiger partial charge in [-0.1, -0.05) is 6.92 Å². The molecule has 2 heterocycles. The number of fused-ring (bicyclic) bond motifs is 1. The van der Waals surface area contributed by atoms with E-state index in [9.17, 15) is 0 Å². The van der Waals surface area contributed by atoms with E-state index < -0.39 is 0 Å². The largest absolute Gasteiger partial charge is 0.481 e. The first-order valence-corrected chi connectivity index (χ1v) is 4.58. The lowest BCUT2D eigenvalue weighted by molar-refractivity contribution is 0.0975. The van der Waals surface area contributed by atoms with Gasteiger partial charge in [-0.25, -0.2) is 4.98 Å². The first kappa shape index (κ1) is 8.35. The molecule has 1 aromatic rings. The Labute approximate surface area is 77.7 Å². The Kier molecular flexibility index (Phi) is 2.08. The molecule has 1 aromatic heterocycles. The molecule has 13 heavy (non-hydrogen) atoms. The van der Waals surface area contributed by atoms with Crippen molar-refractivity contribution >= 4 is 0 Å². The highest BCUT2D eigenvalue weighted by atomic mass is 16.6. The minimum atomic E-state index is 0.127. The molecule has 2 rings (SSSR count). The molecular formula is C10H13NO2. The van der Waals surface area contributed by atoms with Gasteiger partial charge in [0.2, 0.25) is 0 Å². The van der Waals surface area contributed by atoms with Crippen LogP contribution < -0.4 is 9.47 Å². The van der Waals surface area contributed by atoms with Crippen LogP contribution >= 0.6 is 0 Å². The number of aromatic nitrogens is 1. The molecule has 3 nitrogen and oxygen atoms in total. The first-order valence-electron chi connectivity index (χ1n) is 4.58. The average Bonchev–Trinajstić information content (AvgIpc) is 2.17. The normalized spacial score (nSPS) is 20.0. The Morgan fingerprint density at radius 3 is 3.23 bits per heavy atom. The number of nitrogens with zero attached hydrogens (tertiary/aromatic N) is 1. The van der Waals surface area contributed by atoms with Gasteiger partial charge in [0.05, 0.1) is 0 Å². The van der Waals surface area contributed by atoms with E-state index in [1.807, 2.05) is 13.0 Å². The third kappa shape index (κ3) is 1.46. The van der Waals surface area contributed by atoms with Crippen molar-refractivity contribution in [1.82, 2.24) is 4.98 Å². The summed E-state index contributed by atoms with van der Waals surface area (Å²) in [6.45, 7) is 4.68. The van der Waals surface area contributed by atoms with E-state index in [0.717, 1.165) is 17.7 Å². The highest BCUT2D eigenvalue weighted by Crippen LogP contribution is 2.32. The van der Waals surface area contributed by atoms with Gasteiger partial charge in [-0.2, -0.15) is 0 Å². The predicted molar refractivity (Wildman–Crippen MR) is 49.2 cm³/mol. The minimum absolute atomic E-state index is 0.127. The summed E-state index contributed by atoms with van der Waals surface area (Å²) in [7, 11) is 0. The van der Waals surface area contributed by atoms with Crippen molar-refractivity contribution < 1.29 is 9.47 Å². The number of ether oxygens (including phenoxy) is 2. The summed E-state index contributed by atoms with van der Waals surface area (Å²) in [5.74, 6) is 1.46. The third-order valence-corrected chi connectivity index (χ3v) is 2.11. The molecule has 0 aliphatic carbocycles. The summed E-state index contributed by atoms with van der Waals surface area (Å²) in [5.41, 5.74) is 1.16. The molecular weight excluding hydrogens is 166 g/mol. The maximum absolute atomic E-state index is 5.67. The van der Waals surface area contributed by atoms with Crippen LogP contribution in [0.3, 0.4) is 0 Å². The van der Waals surface area contributed by atoms with E-state index in [2.05, 4.69) is 11.9 Å². The fourth-order valence-corrected chi connectivity index (χ4v) is 1.41. The maximum atomic E-state index is 5.67. The number of hydrogen-bond acceptors (Lipinski definition) is 3. The van der Waals surface area contributed by atoms with Crippen LogP contribution in [-0.4, -0.2) is 17.7 Å². The fourth-order valence-electron chi connectivity index (χ4n) is 1.41. The smallest absolute Gasteiger partial charge is 0.257 e. The molecule has 0 fully saturated rings. The lowest BCUT2D eigenvalue weighted by Crippen LogP contribution is -2.26. The Morgan fingerprint density at radius 1 is 1.62 bits per heavy atom. The molecule has 0 radical (unpaired) electrons. The van der Waals surface area contributed by atoms with E-state index >= 15 is 0 Å². The van der Waals surface area contributed by atoms with Crippen molar-refractivity contribution in [2.75, 3.05) is 6.61 Å². The van der Waals surface area contributed by atoms with E-state index in [1.165, 1.54) is 0 Å². The molecule has 0 amide bonds. The number of rotatable bonds is 1. The van der Waals surface area contributed by atoms with Gasteiger partial charge in [-0.3, -0.25) is 0 Å². The monoisotopic (exact) mass is 179 g/mol. The number of pyridine rings is 1. The second kappa shape index (κ2) is 3.24. The zero-order chi connectivity index (χ0) is 9.26. The Balaban J connectivity index is 2.41. The van der Waals surface area contributed by atoms with Crippen molar-refractivity contribution in [3.8, 4) is 11.6 Å². The van der Waals surface area contributed by atoms with Gasteiger partial charge in [0.25, 0.3) is 5.88 Å². The molecule has 0 saturated heterocycles. The molecule has 0 saturated carbocycles. The summed E-state index contributed by atoms with van der Waals surface area (Å²) in [6.07, 6.45) is 2.83. The Bertz CT molecular complexity index is 298. The maximum Gasteiger partial charge on any atom is 0.257 e. The molecule has 0 N–H and O–H groups in total. The molecule has 3 heteroatoms. The summed E-state index contributed by atoms with van der Waals surface area (Å²) in [4.78, 5) is 4.12. The van der Waals surface area contributed by atoms with E-state index in [-0.39, 0.29) is 6.10 Å². The molecule has 1 unspecified atom stereocenters. The van der Waals surface area contributed by atoms with Crippen LogP contribution in [0.1, 0.15) is 19.4 Å². The molecule has 0 spiro atoms. The number of aryl methyl sites for hydroxylation is 1. The van der Waals surface area contributed by atoms with Crippen LogP contribution in [0, 0.1) is 0 Å². The van der Waals surface area contributed by atoms with E-state index in [0.29, 0.717) is 12.5 Å². The Morgan fingerprint density at radius 2 is 2.46 bits per heavy atom. The molecule has 1 atom stereocenters. The highest BCUT2D eigenvalue weighted by Gasteiger charge is 2.20. The van der Waals surface area contributed by atoms with Gasteiger partial charge in [-0.05, 0) is 19.4 Å². The van der Waals surface area contributed by atoms with Gasteiger partial charge in [0, 0.05) is 11.8 Å². The SMILES string of the molecule is CCc1ccnc2c1OC(C)CO2. The summed E-state index contributed by atoms with van der Waals surface area (Å²) in [6, 6.07) is 1.97. The van der Waals surface area contributed by atoms with Crippen LogP contribution in [-0.2, 0) is 6.42 Å². The highest BCUT2D eigenvalue weighted by molar-refractivity contribution is 5.42. The van der Waals surface area contributed by atoms with Crippen LogP contribution in [0.25, 0.3) is 0 Å². The topological polar surface area (TPSA) is 31.4 Å². The fraction of sp³-hybridized carbons (Fsp3) is 0.500. The molecule has 0 bridgehead atoms. The van der Waals surface area contributed by atoms with Gasteiger partial charge in [0.15, 0.2) is 5.75 Å². The summed E-state index contributed by atoms with van der Waals surface area (Å²) >= 11 is 0. The van der Waals surface area contributed by atoms with Crippen LogP contribution in [0.2, 0.25) is 0 Å². The van der Waals surface area contributed by atoms with Crippen molar-refractivity contribution in [2.45, 2.75) is 26.4 Å². The van der Waals surface area contributed by atoms with Crippen LogP contribution in [0.5, 0.6) is 11.6 Å². The third-order valence-electron chi connectivity index (χ3n) is 2.11. The van der Waals surface area contributed by atoms with Gasteiger partial charge in [0.1, 0.15) is 12.7 Å². The van der Waals surface area contributed by atoms with Gasteiger partial charge >= 0.3 is 0 Å². The zero-order valence-electron chi connectivity index (χ0n) is 7.91. The second-order valence-electron chi connectivity index (χ2n) is 3.20. The van der Waals surface area contributed by atoms with Gasteiger partial charge in [-0.15, -0.1) is 0 Å². The average molecular weight is 179 g/mol. The summed E-state index contributed by atoms with van der Waals surface area (Å²) < 4.78 is 11.1. The predicted octanol–water partition coefficient (Wildman–Crippen LogP) is 1.80. The standard InChI is InChI=1S/C10H13NO2/c1-3-8-4-5-11-10-9(8)13-7(2)6-12-10/h4-5,7H,3,6H2,1-2H3. The van der Waals surface area contributed by atoms with Gasteiger partial charge < -0.3 is 9.47 Å². The van der Waals surface area contributed by atoms with Crippen LogP contribution in [0.15, 0.2) is 12.3 Å². The van der Waals surface area contributed by atoms with E-state index in [4.69, 9.17) is 9.47 Å². The van der Waals surface area contributed by atoms with Crippen LogP contribution in [0.4, 0.5) is 0 Å². The second-order valence-corrected chi connectivity index (χ2v) is 3.20. The lowest BCUT2D eigenvalue weighted by atomic mass is 10.2. The number of hydrogen-bond donors (Lipinski definition) is 0. The van der Waals surface area contributed by atoms with Crippen molar-refractivity contribution in [3.63, 3.8) is 0 Å². The van der Waals surface area contributed by atoms with Crippen molar-refractivity contribution in [3.05, 3.63) is 17.8 Å². The molecule has 70 valence electrons. The molecule has 1 aliphatic heterocycles. The molecule has 1 aliphatic rings. The first-order chi connectivity index (χ1) is 6.31. The minimum Gasteiger partial charge on any atom is -0.481 e. The lowest BCUT2D eigenvalue weighted by Gasteiger charge is -2.24. The molecule has 0 aromatic carbocycles. The zero-order valence-corrected chi connectivity index (χ0v) is 7.91. The van der Waals surface area contributed by atoms with Crippen molar-refractivity contribution in [1.29, 1.82) is 0 Å². The quantitative estimate of drug-likeness (QED) is 0.658.